The zero-order valence-electron chi connectivity index (χ0n) is 12.5. The van der Waals surface area contributed by atoms with E-state index in [0.717, 1.165) is 30.2 Å². The molecule has 1 unspecified atom stereocenters. The SMILES string of the molecule is CC1CNCCN1C(=O)c1csc(-c2ccc(Cl)cc2)n1.Cl.Cl. The Kier molecular flexibility index (Phi) is 7.77. The van der Waals surface area contributed by atoms with Crippen molar-refractivity contribution in [1.82, 2.24) is 15.2 Å². The first-order chi connectivity index (χ1) is 10.1. The highest BCUT2D eigenvalue weighted by molar-refractivity contribution is 7.13. The van der Waals surface area contributed by atoms with Crippen LogP contribution < -0.4 is 5.32 Å². The number of carbonyl (C=O) groups is 1. The molecule has 0 saturated carbocycles. The van der Waals surface area contributed by atoms with Crippen LogP contribution in [-0.4, -0.2) is 41.5 Å². The quantitative estimate of drug-likeness (QED) is 0.844. The lowest BCUT2D eigenvalue weighted by atomic mass is 10.2. The molecule has 23 heavy (non-hydrogen) atoms. The number of rotatable bonds is 2. The molecule has 3 rings (SSSR count). The second kappa shape index (κ2) is 8.85. The van der Waals surface area contributed by atoms with Crippen LogP contribution in [0.5, 0.6) is 0 Å². The molecule has 1 saturated heterocycles. The topological polar surface area (TPSA) is 45.2 Å². The molecule has 1 aromatic heterocycles. The van der Waals surface area contributed by atoms with Gasteiger partial charge in [0, 0.05) is 41.6 Å². The Morgan fingerprint density at radius 2 is 2.04 bits per heavy atom. The average Bonchev–Trinajstić information content (AvgIpc) is 2.98. The molecule has 8 heteroatoms. The summed E-state index contributed by atoms with van der Waals surface area (Å²) in [6, 6.07) is 7.70. The number of aromatic nitrogens is 1. The molecule has 1 aliphatic heterocycles. The fourth-order valence-electron chi connectivity index (χ4n) is 2.39. The predicted octanol–water partition coefficient (Wildman–Crippen LogP) is 3.74. The molecule has 1 amide bonds. The number of nitrogens with one attached hydrogen (secondary N) is 1. The zero-order valence-corrected chi connectivity index (χ0v) is 15.7. The number of hydrogen-bond acceptors (Lipinski definition) is 4. The third kappa shape index (κ3) is 4.58. The summed E-state index contributed by atoms with van der Waals surface area (Å²) in [5, 5.41) is 6.66. The third-order valence-electron chi connectivity index (χ3n) is 3.58. The van der Waals surface area contributed by atoms with E-state index in [1.807, 2.05) is 34.5 Å². The Balaban J connectivity index is 0.00000132. The van der Waals surface area contributed by atoms with E-state index < -0.39 is 0 Å². The first kappa shape index (κ1) is 20.2. The number of piperazine rings is 1. The van der Waals surface area contributed by atoms with Gasteiger partial charge >= 0.3 is 0 Å². The van der Waals surface area contributed by atoms with E-state index in [2.05, 4.69) is 17.2 Å². The summed E-state index contributed by atoms with van der Waals surface area (Å²) in [6.45, 7) is 4.45. The lowest BCUT2D eigenvalue weighted by molar-refractivity contribution is 0.0650. The fraction of sp³-hybridized carbons (Fsp3) is 0.333. The normalized spacial score (nSPS) is 17.1. The molecular formula is C15H18Cl3N3OS. The molecule has 2 heterocycles. The van der Waals surface area contributed by atoms with Crippen molar-refractivity contribution >= 4 is 53.7 Å². The molecule has 0 radical (unpaired) electrons. The van der Waals surface area contributed by atoms with Crippen molar-refractivity contribution in [2.75, 3.05) is 19.6 Å². The lowest BCUT2D eigenvalue weighted by Gasteiger charge is -2.33. The number of carbonyl (C=O) groups excluding carboxylic acids is 1. The Bertz CT molecular complexity index is 648. The molecule has 1 aromatic carbocycles. The van der Waals surface area contributed by atoms with Crippen LogP contribution in [0.2, 0.25) is 5.02 Å². The van der Waals surface area contributed by atoms with Crippen molar-refractivity contribution in [3.63, 3.8) is 0 Å². The monoisotopic (exact) mass is 393 g/mol. The molecule has 0 spiro atoms. The maximum atomic E-state index is 12.5. The third-order valence-corrected chi connectivity index (χ3v) is 4.72. The van der Waals surface area contributed by atoms with E-state index in [1.54, 1.807) is 0 Å². The summed E-state index contributed by atoms with van der Waals surface area (Å²) in [5.41, 5.74) is 1.51. The first-order valence-corrected chi connectivity index (χ1v) is 8.14. The van der Waals surface area contributed by atoms with Crippen molar-refractivity contribution in [1.29, 1.82) is 0 Å². The van der Waals surface area contributed by atoms with Gasteiger partial charge < -0.3 is 10.2 Å². The van der Waals surface area contributed by atoms with Crippen molar-refractivity contribution < 1.29 is 4.79 Å². The van der Waals surface area contributed by atoms with Crippen LogP contribution in [0, 0.1) is 0 Å². The zero-order chi connectivity index (χ0) is 14.8. The summed E-state index contributed by atoms with van der Waals surface area (Å²) in [4.78, 5) is 18.9. The maximum absolute atomic E-state index is 12.5. The second-order valence-electron chi connectivity index (χ2n) is 5.10. The Morgan fingerprint density at radius 1 is 1.35 bits per heavy atom. The number of nitrogens with zero attached hydrogens (tertiary/aromatic N) is 2. The van der Waals surface area contributed by atoms with Crippen molar-refractivity contribution in [3.8, 4) is 10.6 Å². The van der Waals surface area contributed by atoms with Crippen LogP contribution >= 0.6 is 47.8 Å². The average molecular weight is 395 g/mol. The summed E-state index contributed by atoms with van der Waals surface area (Å²) < 4.78 is 0. The van der Waals surface area contributed by atoms with E-state index in [-0.39, 0.29) is 36.8 Å². The predicted molar refractivity (Wildman–Crippen MR) is 100 cm³/mol. The van der Waals surface area contributed by atoms with Crippen LogP contribution in [0.25, 0.3) is 10.6 Å². The minimum absolute atomic E-state index is 0. The highest BCUT2D eigenvalue weighted by Crippen LogP contribution is 2.26. The minimum atomic E-state index is 0. The van der Waals surface area contributed by atoms with Gasteiger partial charge in [0.05, 0.1) is 0 Å². The highest BCUT2D eigenvalue weighted by atomic mass is 35.5. The maximum Gasteiger partial charge on any atom is 0.273 e. The number of hydrogen-bond donors (Lipinski definition) is 1. The molecule has 2 aromatic rings. The summed E-state index contributed by atoms with van der Waals surface area (Å²) in [6.07, 6.45) is 0. The molecular weight excluding hydrogens is 377 g/mol. The van der Waals surface area contributed by atoms with Gasteiger partial charge in [0.25, 0.3) is 5.91 Å². The van der Waals surface area contributed by atoms with E-state index in [1.165, 1.54) is 11.3 Å². The summed E-state index contributed by atoms with van der Waals surface area (Å²) >= 11 is 7.37. The van der Waals surface area contributed by atoms with Gasteiger partial charge in [0.1, 0.15) is 10.7 Å². The Hall–Kier alpha value is -0.850. The van der Waals surface area contributed by atoms with Gasteiger partial charge in [0.2, 0.25) is 0 Å². The smallest absolute Gasteiger partial charge is 0.273 e. The molecule has 4 nitrogen and oxygen atoms in total. The summed E-state index contributed by atoms with van der Waals surface area (Å²) in [5.74, 6) is 0.0143. The largest absolute Gasteiger partial charge is 0.332 e. The van der Waals surface area contributed by atoms with E-state index in [4.69, 9.17) is 11.6 Å². The van der Waals surface area contributed by atoms with Crippen LogP contribution in [0.3, 0.4) is 0 Å². The van der Waals surface area contributed by atoms with Crippen molar-refractivity contribution in [2.24, 2.45) is 0 Å². The molecule has 1 atom stereocenters. The minimum Gasteiger partial charge on any atom is -0.332 e. The van der Waals surface area contributed by atoms with Gasteiger partial charge in [-0.15, -0.1) is 36.2 Å². The van der Waals surface area contributed by atoms with Gasteiger partial charge in [-0.05, 0) is 19.1 Å². The molecule has 1 aliphatic rings. The Labute approximate surface area is 157 Å². The fourth-order valence-corrected chi connectivity index (χ4v) is 3.31. The molecule has 0 bridgehead atoms. The van der Waals surface area contributed by atoms with Gasteiger partial charge in [0.15, 0.2) is 0 Å². The number of thiazole rings is 1. The second-order valence-corrected chi connectivity index (χ2v) is 6.39. The standard InChI is InChI=1S/C15H16ClN3OS.2ClH/c1-10-8-17-6-7-19(10)15(20)13-9-21-14(18-13)11-2-4-12(16)5-3-11;;/h2-5,9-10,17H,6-8H2,1H3;2*1H. The molecule has 1 fully saturated rings. The van der Waals surface area contributed by atoms with Crippen LogP contribution in [-0.2, 0) is 0 Å². The molecule has 126 valence electrons. The first-order valence-electron chi connectivity index (χ1n) is 6.88. The van der Waals surface area contributed by atoms with Gasteiger partial charge in [-0.2, -0.15) is 0 Å². The van der Waals surface area contributed by atoms with Crippen molar-refractivity contribution in [3.05, 3.63) is 40.4 Å². The van der Waals surface area contributed by atoms with Gasteiger partial charge in [-0.25, -0.2) is 4.98 Å². The number of amides is 1. The van der Waals surface area contributed by atoms with E-state index in [9.17, 15) is 4.79 Å². The lowest BCUT2D eigenvalue weighted by Crippen LogP contribution is -2.52. The van der Waals surface area contributed by atoms with E-state index >= 15 is 0 Å². The van der Waals surface area contributed by atoms with Gasteiger partial charge in [-0.1, -0.05) is 23.7 Å². The van der Waals surface area contributed by atoms with Crippen LogP contribution in [0.15, 0.2) is 29.6 Å². The summed E-state index contributed by atoms with van der Waals surface area (Å²) in [7, 11) is 0. The van der Waals surface area contributed by atoms with Crippen LogP contribution in [0.4, 0.5) is 0 Å². The number of halogens is 3. The van der Waals surface area contributed by atoms with E-state index in [0.29, 0.717) is 10.7 Å². The molecule has 0 aliphatic carbocycles. The Morgan fingerprint density at radius 3 is 2.70 bits per heavy atom. The molecule has 1 N–H and O–H groups in total. The van der Waals surface area contributed by atoms with Crippen molar-refractivity contribution in [2.45, 2.75) is 13.0 Å². The van der Waals surface area contributed by atoms with Crippen LogP contribution in [0.1, 0.15) is 17.4 Å². The van der Waals surface area contributed by atoms with Gasteiger partial charge in [-0.3, -0.25) is 4.79 Å². The highest BCUT2D eigenvalue weighted by Gasteiger charge is 2.25. The number of benzene rings is 1.